The van der Waals surface area contributed by atoms with Crippen molar-refractivity contribution in [1.29, 1.82) is 0 Å². The zero-order valence-corrected chi connectivity index (χ0v) is 15.6. The highest BCUT2D eigenvalue weighted by molar-refractivity contribution is 6.42. The van der Waals surface area contributed by atoms with Crippen LogP contribution in [0.4, 0.5) is 0 Å². The Bertz CT molecular complexity index is 868. The molecular weight excluding hydrogens is 365 g/mol. The number of hydrogen-bond acceptors (Lipinski definition) is 2. The highest BCUT2D eigenvalue weighted by atomic mass is 35.5. The smallest absolute Gasteiger partial charge is 0.107 e. The SMILES string of the molecule is OC1(C(c2ccccc2)(c2ccccc2)c2ccc(Cl)c(Cl)c2)CNC1. The second kappa shape index (κ2) is 6.71. The van der Waals surface area contributed by atoms with Crippen molar-refractivity contribution in [2.45, 2.75) is 11.0 Å². The van der Waals surface area contributed by atoms with Gasteiger partial charge in [-0.15, -0.1) is 0 Å². The summed E-state index contributed by atoms with van der Waals surface area (Å²) >= 11 is 12.6. The summed E-state index contributed by atoms with van der Waals surface area (Å²) in [6.45, 7) is 0.994. The first kappa shape index (κ1) is 17.6. The lowest BCUT2D eigenvalue weighted by atomic mass is 9.57. The van der Waals surface area contributed by atoms with Gasteiger partial charge in [-0.2, -0.15) is 0 Å². The molecule has 4 heteroatoms. The number of hydrogen-bond donors (Lipinski definition) is 2. The van der Waals surface area contributed by atoms with Gasteiger partial charge < -0.3 is 10.4 Å². The first-order valence-corrected chi connectivity index (χ1v) is 9.33. The van der Waals surface area contributed by atoms with Gasteiger partial charge in [-0.25, -0.2) is 0 Å². The molecule has 3 aromatic rings. The van der Waals surface area contributed by atoms with Gasteiger partial charge in [0.05, 0.1) is 15.5 Å². The first-order valence-electron chi connectivity index (χ1n) is 8.58. The van der Waals surface area contributed by atoms with Crippen molar-refractivity contribution in [3.8, 4) is 0 Å². The lowest BCUT2D eigenvalue weighted by molar-refractivity contribution is -0.0523. The predicted molar refractivity (Wildman–Crippen MR) is 107 cm³/mol. The molecule has 0 unspecified atom stereocenters. The van der Waals surface area contributed by atoms with Crippen LogP contribution in [-0.2, 0) is 5.41 Å². The van der Waals surface area contributed by atoms with Gasteiger partial charge in [0, 0.05) is 13.1 Å². The predicted octanol–water partition coefficient (Wildman–Crippen LogP) is 4.66. The van der Waals surface area contributed by atoms with Crippen molar-refractivity contribution in [3.63, 3.8) is 0 Å². The van der Waals surface area contributed by atoms with E-state index in [1.807, 2.05) is 48.5 Å². The van der Waals surface area contributed by atoms with Crippen LogP contribution in [-0.4, -0.2) is 23.8 Å². The second-order valence-electron chi connectivity index (χ2n) is 6.75. The van der Waals surface area contributed by atoms with E-state index in [2.05, 4.69) is 29.6 Å². The molecule has 1 saturated heterocycles. The number of halogens is 2. The lowest BCUT2D eigenvalue weighted by Crippen LogP contribution is -2.71. The molecule has 1 heterocycles. The summed E-state index contributed by atoms with van der Waals surface area (Å²) in [5.41, 5.74) is 1.23. The summed E-state index contributed by atoms with van der Waals surface area (Å²) in [5, 5.41) is 15.9. The van der Waals surface area contributed by atoms with Gasteiger partial charge in [-0.05, 0) is 28.8 Å². The van der Waals surface area contributed by atoms with Crippen LogP contribution >= 0.6 is 23.2 Å². The summed E-state index contributed by atoms with van der Waals surface area (Å²) in [6, 6.07) is 25.9. The van der Waals surface area contributed by atoms with Gasteiger partial charge >= 0.3 is 0 Å². The van der Waals surface area contributed by atoms with E-state index in [0.29, 0.717) is 23.1 Å². The maximum absolute atomic E-state index is 11.7. The quantitative estimate of drug-likeness (QED) is 0.642. The van der Waals surface area contributed by atoms with Gasteiger partial charge in [-0.1, -0.05) is 89.9 Å². The van der Waals surface area contributed by atoms with Crippen molar-refractivity contribution in [2.75, 3.05) is 13.1 Å². The fraction of sp³-hybridized carbons (Fsp3) is 0.182. The fourth-order valence-electron chi connectivity index (χ4n) is 4.04. The Morgan fingerprint density at radius 2 is 1.27 bits per heavy atom. The van der Waals surface area contributed by atoms with Crippen LogP contribution in [0.2, 0.25) is 10.0 Å². The van der Waals surface area contributed by atoms with Crippen molar-refractivity contribution in [2.24, 2.45) is 0 Å². The highest BCUT2D eigenvalue weighted by Gasteiger charge is 2.57. The molecule has 0 aliphatic carbocycles. The first-order chi connectivity index (χ1) is 12.6. The molecule has 0 atom stereocenters. The van der Waals surface area contributed by atoms with Crippen LogP contribution in [0.25, 0.3) is 0 Å². The molecule has 2 N–H and O–H groups in total. The summed E-state index contributed by atoms with van der Waals surface area (Å²) < 4.78 is 0. The lowest BCUT2D eigenvalue weighted by Gasteiger charge is -2.54. The number of β-amino-alcohol motifs (C(OH)–C–C–N with tert-alkyl or cyclic N) is 1. The van der Waals surface area contributed by atoms with E-state index in [9.17, 15) is 5.11 Å². The van der Waals surface area contributed by atoms with Gasteiger partial charge in [0.25, 0.3) is 0 Å². The van der Waals surface area contributed by atoms with E-state index in [0.717, 1.165) is 16.7 Å². The largest absolute Gasteiger partial charge is 0.386 e. The molecule has 1 aliphatic rings. The maximum atomic E-state index is 11.7. The van der Waals surface area contributed by atoms with Crippen LogP contribution < -0.4 is 5.32 Å². The standard InChI is InChI=1S/C22H19Cl2NO/c23-19-12-11-18(13-20(19)24)22(21(26)14-25-15-21,16-7-3-1-4-8-16)17-9-5-2-6-10-17/h1-13,25-26H,14-15H2. The van der Waals surface area contributed by atoms with Crippen LogP contribution in [0.5, 0.6) is 0 Å². The van der Waals surface area contributed by atoms with Crippen molar-refractivity contribution in [3.05, 3.63) is 106 Å². The molecule has 1 aliphatic heterocycles. The van der Waals surface area contributed by atoms with Gasteiger partial charge in [0.15, 0.2) is 0 Å². The minimum atomic E-state index is -0.979. The van der Waals surface area contributed by atoms with E-state index < -0.39 is 11.0 Å². The Balaban J connectivity index is 2.09. The van der Waals surface area contributed by atoms with E-state index in [1.54, 1.807) is 6.07 Å². The van der Waals surface area contributed by atoms with Crippen molar-refractivity contribution in [1.82, 2.24) is 5.32 Å². The topological polar surface area (TPSA) is 32.3 Å². The molecule has 26 heavy (non-hydrogen) atoms. The molecule has 3 aromatic carbocycles. The molecule has 0 radical (unpaired) electrons. The summed E-state index contributed by atoms with van der Waals surface area (Å²) in [6.07, 6.45) is 0. The molecule has 0 aromatic heterocycles. The van der Waals surface area contributed by atoms with Crippen LogP contribution in [0, 0.1) is 0 Å². The van der Waals surface area contributed by atoms with E-state index in [-0.39, 0.29) is 0 Å². The average molecular weight is 384 g/mol. The Hall–Kier alpha value is -1.84. The second-order valence-corrected chi connectivity index (χ2v) is 7.56. The third-order valence-electron chi connectivity index (χ3n) is 5.30. The average Bonchev–Trinajstić information content (AvgIpc) is 2.65. The minimum absolute atomic E-state index is 0.483. The Morgan fingerprint density at radius 1 is 0.731 bits per heavy atom. The third kappa shape index (κ3) is 2.57. The maximum Gasteiger partial charge on any atom is 0.107 e. The molecule has 4 rings (SSSR count). The van der Waals surface area contributed by atoms with Gasteiger partial charge in [0.1, 0.15) is 5.60 Å². The molecule has 0 amide bonds. The normalized spacial score (nSPS) is 16.1. The van der Waals surface area contributed by atoms with E-state index >= 15 is 0 Å². The number of benzene rings is 3. The zero-order chi connectivity index (χ0) is 18.2. The highest BCUT2D eigenvalue weighted by Crippen LogP contribution is 2.49. The van der Waals surface area contributed by atoms with E-state index in [1.165, 1.54) is 0 Å². The summed E-state index contributed by atoms with van der Waals surface area (Å²) in [7, 11) is 0. The van der Waals surface area contributed by atoms with Crippen LogP contribution in [0.3, 0.4) is 0 Å². The molecular formula is C22H19Cl2NO. The number of nitrogens with one attached hydrogen (secondary N) is 1. The van der Waals surface area contributed by atoms with Gasteiger partial charge in [-0.3, -0.25) is 0 Å². The molecule has 0 spiro atoms. The monoisotopic (exact) mass is 383 g/mol. The number of rotatable bonds is 4. The Labute approximate surface area is 163 Å². The van der Waals surface area contributed by atoms with Crippen LogP contribution in [0.1, 0.15) is 16.7 Å². The molecule has 0 saturated carbocycles. The van der Waals surface area contributed by atoms with E-state index in [4.69, 9.17) is 23.2 Å². The Kier molecular flexibility index (Phi) is 4.54. The van der Waals surface area contributed by atoms with Crippen molar-refractivity contribution >= 4 is 23.2 Å². The zero-order valence-electron chi connectivity index (χ0n) is 14.1. The third-order valence-corrected chi connectivity index (χ3v) is 6.04. The number of aliphatic hydroxyl groups is 1. The molecule has 132 valence electrons. The Morgan fingerprint density at radius 3 is 1.69 bits per heavy atom. The van der Waals surface area contributed by atoms with Crippen molar-refractivity contribution < 1.29 is 5.11 Å². The summed E-state index contributed by atoms with van der Waals surface area (Å²) in [4.78, 5) is 0. The minimum Gasteiger partial charge on any atom is -0.386 e. The van der Waals surface area contributed by atoms with Gasteiger partial charge in [0.2, 0.25) is 0 Å². The molecule has 0 bridgehead atoms. The molecule has 1 fully saturated rings. The van der Waals surface area contributed by atoms with Crippen LogP contribution in [0.15, 0.2) is 78.9 Å². The molecule has 2 nitrogen and oxygen atoms in total. The fourth-order valence-corrected chi connectivity index (χ4v) is 4.34. The summed E-state index contributed by atoms with van der Waals surface area (Å²) in [5.74, 6) is 0.